The van der Waals surface area contributed by atoms with Crippen molar-refractivity contribution in [3.05, 3.63) is 60.2 Å². The highest BCUT2D eigenvalue weighted by Crippen LogP contribution is 2.27. The molecule has 2 aromatic carbocycles. The third-order valence-corrected chi connectivity index (χ3v) is 2.91. The lowest BCUT2D eigenvalue weighted by Gasteiger charge is -2.17. The Hall–Kier alpha value is -2.04. The number of ether oxygens (including phenoxy) is 1. The molecule has 5 heteroatoms. The predicted octanol–water partition coefficient (Wildman–Crippen LogP) is 3.23. The second kappa shape index (κ2) is 6.93. The van der Waals surface area contributed by atoms with E-state index in [4.69, 9.17) is 16.3 Å². The molecule has 0 aromatic heterocycles. The number of nitrogens with zero attached hydrogens (tertiary/aromatic N) is 1. The summed E-state index contributed by atoms with van der Waals surface area (Å²) in [5.74, 6) is -0.497. The van der Waals surface area contributed by atoms with Gasteiger partial charge in [-0.1, -0.05) is 42.5 Å². The zero-order valence-electron chi connectivity index (χ0n) is 10.7. The van der Waals surface area contributed by atoms with Gasteiger partial charge in [0.2, 0.25) is 0 Å². The van der Waals surface area contributed by atoms with Gasteiger partial charge in [0.05, 0.1) is 0 Å². The largest absolute Gasteiger partial charge is 0.487 e. The van der Waals surface area contributed by atoms with Crippen molar-refractivity contribution in [3.63, 3.8) is 0 Å². The Morgan fingerprint density at radius 3 is 2.45 bits per heavy atom. The molecule has 0 fully saturated rings. The second-order valence-electron chi connectivity index (χ2n) is 4.08. The highest BCUT2D eigenvalue weighted by molar-refractivity contribution is 6.29. The fourth-order valence-electron chi connectivity index (χ4n) is 1.68. The molecule has 2 aromatic rings. The minimum atomic E-state index is -0.609. The maximum Gasteiger partial charge on any atom is 0.265 e. The van der Waals surface area contributed by atoms with Gasteiger partial charge in [0.1, 0.15) is 23.9 Å². The lowest BCUT2D eigenvalue weighted by Crippen LogP contribution is -2.28. The Kier molecular flexibility index (Phi) is 4.98. The average Bonchev–Trinajstić information content (AvgIpc) is 2.52. The molecular formula is C15H14ClNO3. The lowest BCUT2D eigenvalue weighted by atomic mass is 10.2. The first-order valence-corrected chi connectivity index (χ1v) is 6.59. The van der Waals surface area contributed by atoms with Crippen LogP contribution in [0.1, 0.15) is 5.56 Å². The van der Waals surface area contributed by atoms with Crippen molar-refractivity contribution in [1.29, 1.82) is 0 Å². The molecule has 4 nitrogen and oxygen atoms in total. The maximum absolute atomic E-state index is 11.4. The molecule has 1 N–H and O–H groups in total. The summed E-state index contributed by atoms with van der Waals surface area (Å²) in [4.78, 5) is 11.4. The normalized spacial score (nSPS) is 10.1. The summed E-state index contributed by atoms with van der Waals surface area (Å²) in [5, 5.41) is 10.3. The van der Waals surface area contributed by atoms with Crippen LogP contribution in [0.3, 0.4) is 0 Å². The topological polar surface area (TPSA) is 49.8 Å². The number of hydrogen-bond acceptors (Lipinski definition) is 3. The number of hydroxylamine groups is 1. The minimum absolute atomic E-state index is 0.272. The molecule has 0 aliphatic carbocycles. The van der Waals surface area contributed by atoms with Crippen LogP contribution in [0.5, 0.6) is 5.75 Å². The Labute approximate surface area is 122 Å². The number of amides is 1. The van der Waals surface area contributed by atoms with Gasteiger partial charge in [0, 0.05) is 0 Å². The Morgan fingerprint density at radius 1 is 1.10 bits per heavy atom. The van der Waals surface area contributed by atoms with Gasteiger partial charge in [-0.2, -0.15) is 5.06 Å². The van der Waals surface area contributed by atoms with Crippen molar-refractivity contribution in [1.82, 2.24) is 0 Å². The van der Waals surface area contributed by atoms with E-state index in [0.717, 1.165) is 5.56 Å². The van der Waals surface area contributed by atoms with Gasteiger partial charge in [-0.25, -0.2) is 0 Å². The van der Waals surface area contributed by atoms with Crippen LogP contribution >= 0.6 is 11.6 Å². The number of rotatable bonds is 5. The van der Waals surface area contributed by atoms with Crippen LogP contribution in [0.25, 0.3) is 0 Å². The smallest absolute Gasteiger partial charge is 0.265 e. The number of carbonyl (C=O) groups excluding carboxylic acids is 1. The van der Waals surface area contributed by atoms with E-state index in [1.54, 1.807) is 24.3 Å². The summed E-state index contributed by atoms with van der Waals surface area (Å²) in [5.41, 5.74) is 1.27. The standard InChI is InChI=1S/C15H14ClNO3/c16-10-15(18)17(19)13-8-4-5-9-14(13)20-11-12-6-2-1-3-7-12/h1-9,19H,10-11H2. The maximum atomic E-state index is 11.4. The Bertz CT molecular complexity index is 574. The summed E-state index contributed by atoms with van der Waals surface area (Å²) in [6, 6.07) is 16.4. The van der Waals surface area contributed by atoms with E-state index in [9.17, 15) is 10.0 Å². The monoisotopic (exact) mass is 291 g/mol. The van der Waals surface area contributed by atoms with Crippen molar-refractivity contribution in [2.45, 2.75) is 6.61 Å². The molecule has 0 aliphatic rings. The van der Waals surface area contributed by atoms with Crippen molar-refractivity contribution in [2.75, 3.05) is 10.9 Å². The number of hydrogen-bond donors (Lipinski definition) is 1. The average molecular weight is 292 g/mol. The summed E-state index contributed by atoms with van der Waals surface area (Å²) in [7, 11) is 0. The van der Waals surface area contributed by atoms with Gasteiger partial charge < -0.3 is 4.74 Å². The number of anilines is 1. The molecule has 2 rings (SSSR count). The Morgan fingerprint density at radius 2 is 1.75 bits per heavy atom. The molecule has 0 radical (unpaired) electrons. The van der Waals surface area contributed by atoms with Gasteiger partial charge in [0.25, 0.3) is 5.91 Å². The van der Waals surface area contributed by atoms with E-state index in [-0.39, 0.29) is 11.6 Å². The van der Waals surface area contributed by atoms with Crippen molar-refractivity contribution < 1.29 is 14.7 Å². The molecule has 104 valence electrons. The molecule has 0 saturated heterocycles. The molecule has 0 aliphatic heterocycles. The molecule has 0 atom stereocenters. The number of halogens is 1. The number of para-hydroxylation sites is 2. The van der Waals surface area contributed by atoms with Gasteiger partial charge >= 0.3 is 0 Å². The molecule has 0 spiro atoms. The van der Waals surface area contributed by atoms with Crippen LogP contribution in [0.4, 0.5) is 5.69 Å². The zero-order chi connectivity index (χ0) is 14.4. The predicted molar refractivity (Wildman–Crippen MR) is 77.2 cm³/mol. The molecule has 20 heavy (non-hydrogen) atoms. The highest BCUT2D eigenvalue weighted by atomic mass is 35.5. The van der Waals surface area contributed by atoms with E-state index in [1.165, 1.54) is 0 Å². The van der Waals surface area contributed by atoms with Gasteiger partial charge in [-0.05, 0) is 17.7 Å². The van der Waals surface area contributed by atoms with Gasteiger partial charge in [-0.15, -0.1) is 11.6 Å². The SMILES string of the molecule is O=C(CCl)N(O)c1ccccc1OCc1ccccc1. The third-order valence-electron chi connectivity index (χ3n) is 2.68. The van der Waals surface area contributed by atoms with E-state index in [2.05, 4.69) is 0 Å². The van der Waals surface area contributed by atoms with Crippen molar-refractivity contribution in [2.24, 2.45) is 0 Å². The molecule has 0 heterocycles. The second-order valence-corrected chi connectivity index (χ2v) is 4.35. The molecule has 0 unspecified atom stereocenters. The molecular weight excluding hydrogens is 278 g/mol. The summed E-state index contributed by atoms with van der Waals surface area (Å²) in [6.07, 6.45) is 0. The first-order chi connectivity index (χ1) is 9.72. The molecule has 1 amide bonds. The van der Waals surface area contributed by atoms with Gasteiger partial charge in [-0.3, -0.25) is 10.0 Å². The fourth-order valence-corrected chi connectivity index (χ4v) is 1.79. The minimum Gasteiger partial charge on any atom is -0.487 e. The van der Waals surface area contributed by atoms with Crippen LogP contribution in [0.2, 0.25) is 0 Å². The first kappa shape index (κ1) is 14.4. The van der Waals surface area contributed by atoms with Crippen LogP contribution in [0, 0.1) is 0 Å². The van der Waals surface area contributed by atoms with Crippen LogP contribution < -0.4 is 9.80 Å². The van der Waals surface area contributed by atoms with E-state index in [0.29, 0.717) is 17.4 Å². The third kappa shape index (κ3) is 3.50. The van der Waals surface area contributed by atoms with Gasteiger partial charge in [0.15, 0.2) is 0 Å². The number of carbonyl (C=O) groups is 1. The lowest BCUT2D eigenvalue weighted by molar-refractivity contribution is -0.121. The van der Waals surface area contributed by atoms with E-state index < -0.39 is 5.91 Å². The van der Waals surface area contributed by atoms with Crippen molar-refractivity contribution in [3.8, 4) is 5.75 Å². The number of benzene rings is 2. The van der Waals surface area contributed by atoms with Crippen molar-refractivity contribution >= 4 is 23.2 Å². The summed E-state index contributed by atoms with van der Waals surface area (Å²) >= 11 is 5.43. The van der Waals surface area contributed by atoms with E-state index >= 15 is 0 Å². The zero-order valence-corrected chi connectivity index (χ0v) is 11.5. The summed E-state index contributed by atoms with van der Waals surface area (Å²) < 4.78 is 5.64. The first-order valence-electron chi connectivity index (χ1n) is 6.06. The summed E-state index contributed by atoms with van der Waals surface area (Å²) in [6.45, 7) is 0.348. The quantitative estimate of drug-likeness (QED) is 0.523. The number of alkyl halides is 1. The fraction of sp³-hybridized carbons (Fsp3) is 0.133. The van der Waals surface area contributed by atoms with E-state index in [1.807, 2.05) is 30.3 Å². The van der Waals surface area contributed by atoms with Crippen LogP contribution in [-0.4, -0.2) is 17.0 Å². The van der Waals surface area contributed by atoms with Crippen LogP contribution in [-0.2, 0) is 11.4 Å². The van der Waals surface area contributed by atoms with Crippen LogP contribution in [0.15, 0.2) is 54.6 Å². The molecule has 0 bridgehead atoms. The highest BCUT2D eigenvalue weighted by Gasteiger charge is 2.16. The Balaban J connectivity index is 2.14. The molecule has 0 saturated carbocycles.